The average molecular weight is 463 g/mol. The molecule has 29 heavy (non-hydrogen) atoms. The van der Waals surface area contributed by atoms with E-state index in [0.29, 0.717) is 31.5 Å². The lowest BCUT2D eigenvalue weighted by atomic mass is 9.96. The molecule has 8 heteroatoms. The predicted octanol–water partition coefficient (Wildman–Crippen LogP) is 3.87. The number of rotatable bonds is 4. The van der Waals surface area contributed by atoms with Crippen LogP contribution in [0.25, 0.3) is 0 Å². The van der Waals surface area contributed by atoms with E-state index >= 15 is 0 Å². The fraction of sp³-hybridized carbons (Fsp3) is 0.286. The first-order valence-corrected chi connectivity index (χ1v) is 9.92. The molecule has 2 amide bonds. The minimum absolute atomic E-state index is 0.107. The first kappa shape index (κ1) is 21.0. The molecule has 0 unspecified atom stereocenters. The van der Waals surface area contributed by atoms with Crippen LogP contribution in [-0.2, 0) is 9.53 Å². The zero-order valence-electron chi connectivity index (χ0n) is 15.8. The van der Waals surface area contributed by atoms with Gasteiger partial charge >= 0.3 is 5.97 Å². The molecule has 0 spiro atoms. The lowest BCUT2D eigenvalue weighted by Gasteiger charge is -2.31. The molecular formula is C21H20BrFN2O4. The van der Waals surface area contributed by atoms with Crippen molar-refractivity contribution in [3.8, 4) is 0 Å². The van der Waals surface area contributed by atoms with Crippen molar-refractivity contribution in [2.45, 2.75) is 12.8 Å². The molecule has 1 aliphatic heterocycles. The Morgan fingerprint density at radius 1 is 1.14 bits per heavy atom. The Kier molecular flexibility index (Phi) is 6.64. The molecule has 2 aromatic carbocycles. The number of nitrogens with one attached hydrogen (secondary N) is 1. The number of anilines is 1. The number of hydrogen-bond donors (Lipinski definition) is 1. The van der Waals surface area contributed by atoms with Gasteiger partial charge in [-0.25, -0.2) is 4.39 Å². The highest BCUT2D eigenvalue weighted by Crippen LogP contribution is 2.25. The first-order valence-electron chi connectivity index (χ1n) is 9.12. The number of benzene rings is 2. The van der Waals surface area contributed by atoms with Crippen molar-refractivity contribution < 1.29 is 23.5 Å². The topological polar surface area (TPSA) is 75.7 Å². The first-order chi connectivity index (χ1) is 13.9. The molecule has 152 valence electrons. The number of ether oxygens (including phenoxy) is 1. The van der Waals surface area contributed by atoms with Gasteiger partial charge in [0.2, 0.25) is 0 Å². The van der Waals surface area contributed by atoms with Gasteiger partial charge in [0.25, 0.3) is 11.8 Å². The van der Waals surface area contributed by atoms with Crippen molar-refractivity contribution in [3.05, 3.63) is 63.9 Å². The summed E-state index contributed by atoms with van der Waals surface area (Å²) in [6.07, 6.45) is 0.999. The van der Waals surface area contributed by atoms with Crippen LogP contribution in [0.3, 0.4) is 0 Å². The molecule has 1 aliphatic rings. The van der Waals surface area contributed by atoms with Crippen LogP contribution in [0, 0.1) is 11.7 Å². The number of halogens is 2. The van der Waals surface area contributed by atoms with Crippen molar-refractivity contribution in [3.63, 3.8) is 0 Å². The average Bonchev–Trinajstić information content (AvgIpc) is 2.73. The number of nitrogens with zero attached hydrogens (tertiary/aromatic N) is 1. The smallest absolute Gasteiger partial charge is 0.308 e. The lowest BCUT2D eigenvalue weighted by molar-refractivity contribution is -0.146. The van der Waals surface area contributed by atoms with Crippen molar-refractivity contribution >= 4 is 39.4 Å². The molecular weight excluding hydrogens is 443 g/mol. The number of piperidine rings is 1. The Morgan fingerprint density at radius 2 is 1.86 bits per heavy atom. The fourth-order valence-corrected chi connectivity index (χ4v) is 3.69. The van der Waals surface area contributed by atoms with Crippen LogP contribution >= 0.6 is 15.9 Å². The number of carbonyl (C=O) groups excluding carboxylic acids is 3. The summed E-state index contributed by atoms with van der Waals surface area (Å²) in [5, 5.41) is 2.63. The summed E-state index contributed by atoms with van der Waals surface area (Å²) < 4.78 is 19.3. The highest BCUT2D eigenvalue weighted by molar-refractivity contribution is 9.10. The van der Waals surface area contributed by atoms with Crippen LogP contribution in [0.4, 0.5) is 10.1 Å². The molecule has 0 radical (unpaired) electrons. The standard InChI is InChI=1S/C21H20BrFN2O4/c1-29-21(28)13-7-9-25(10-8-13)20(27)17-6-5-16(23)12-18(17)24-19(26)14-3-2-4-15(22)11-14/h2-6,11-13H,7-10H2,1H3,(H,24,26). The summed E-state index contributed by atoms with van der Waals surface area (Å²) in [6.45, 7) is 0.768. The molecule has 3 rings (SSSR count). The van der Waals surface area contributed by atoms with E-state index in [-0.39, 0.29) is 29.0 Å². The Balaban J connectivity index is 1.77. The molecule has 0 bridgehead atoms. The second-order valence-corrected chi connectivity index (χ2v) is 7.66. The number of likely N-dealkylation sites (tertiary alicyclic amines) is 1. The van der Waals surface area contributed by atoms with Gasteiger partial charge in [0.1, 0.15) is 5.82 Å². The van der Waals surface area contributed by atoms with Gasteiger partial charge in [-0.2, -0.15) is 0 Å². The van der Waals surface area contributed by atoms with Crippen molar-refractivity contribution in [1.29, 1.82) is 0 Å². The van der Waals surface area contributed by atoms with Crippen LogP contribution < -0.4 is 5.32 Å². The summed E-state index contributed by atoms with van der Waals surface area (Å²) in [6, 6.07) is 10.4. The van der Waals surface area contributed by atoms with Crippen molar-refractivity contribution in [2.24, 2.45) is 5.92 Å². The SMILES string of the molecule is COC(=O)C1CCN(C(=O)c2ccc(F)cc2NC(=O)c2cccc(Br)c2)CC1. The molecule has 0 saturated carbocycles. The zero-order chi connectivity index (χ0) is 21.0. The molecule has 0 aliphatic carbocycles. The summed E-state index contributed by atoms with van der Waals surface area (Å²) in [7, 11) is 1.35. The Labute approximate surface area is 176 Å². The van der Waals surface area contributed by atoms with Crippen LogP contribution in [-0.4, -0.2) is 42.9 Å². The number of hydrogen-bond acceptors (Lipinski definition) is 4. The normalized spacial score (nSPS) is 14.4. The molecule has 1 heterocycles. The minimum atomic E-state index is -0.560. The Bertz CT molecular complexity index is 942. The fourth-order valence-electron chi connectivity index (χ4n) is 3.29. The van der Waals surface area contributed by atoms with Crippen LogP contribution in [0.2, 0.25) is 0 Å². The zero-order valence-corrected chi connectivity index (χ0v) is 17.4. The number of esters is 1. The van der Waals surface area contributed by atoms with E-state index in [1.807, 2.05) is 0 Å². The van der Waals surface area contributed by atoms with Gasteiger partial charge in [0.05, 0.1) is 24.3 Å². The molecule has 1 fully saturated rings. The lowest BCUT2D eigenvalue weighted by Crippen LogP contribution is -2.40. The maximum Gasteiger partial charge on any atom is 0.308 e. The van der Waals surface area contributed by atoms with Crippen LogP contribution in [0.1, 0.15) is 33.6 Å². The van der Waals surface area contributed by atoms with Gasteiger partial charge in [-0.3, -0.25) is 14.4 Å². The summed E-state index contributed by atoms with van der Waals surface area (Å²) in [5.41, 5.74) is 0.683. The molecule has 2 aromatic rings. The summed E-state index contributed by atoms with van der Waals surface area (Å²) in [4.78, 5) is 38.8. The molecule has 1 N–H and O–H groups in total. The maximum atomic E-state index is 13.8. The molecule has 0 aromatic heterocycles. The van der Waals surface area contributed by atoms with E-state index in [9.17, 15) is 18.8 Å². The third-order valence-corrected chi connectivity index (χ3v) is 5.36. The van der Waals surface area contributed by atoms with E-state index < -0.39 is 11.7 Å². The second kappa shape index (κ2) is 9.17. The predicted molar refractivity (Wildman–Crippen MR) is 109 cm³/mol. The van der Waals surface area contributed by atoms with Crippen molar-refractivity contribution in [1.82, 2.24) is 4.90 Å². The molecule has 1 saturated heterocycles. The van der Waals surface area contributed by atoms with Gasteiger partial charge in [-0.15, -0.1) is 0 Å². The number of amides is 2. The van der Waals surface area contributed by atoms with E-state index in [2.05, 4.69) is 21.2 Å². The molecule has 6 nitrogen and oxygen atoms in total. The Morgan fingerprint density at radius 3 is 2.52 bits per heavy atom. The van der Waals surface area contributed by atoms with E-state index in [0.717, 1.165) is 10.5 Å². The van der Waals surface area contributed by atoms with Crippen molar-refractivity contribution in [2.75, 3.05) is 25.5 Å². The number of methoxy groups -OCH3 is 1. The summed E-state index contributed by atoms with van der Waals surface area (Å²) in [5.74, 6) is -1.84. The second-order valence-electron chi connectivity index (χ2n) is 6.74. The summed E-state index contributed by atoms with van der Waals surface area (Å²) >= 11 is 3.30. The van der Waals surface area contributed by atoms with Gasteiger partial charge < -0.3 is 15.0 Å². The van der Waals surface area contributed by atoms with Crippen LogP contribution in [0.5, 0.6) is 0 Å². The van der Waals surface area contributed by atoms with E-state index in [1.54, 1.807) is 29.2 Å². The number of carbonyl (C=O) groups is 3. The highest BCUT2D eigenvalue weighted by atomic mass is 79.9. The maximum absolute atomic E-state index is 13.8. The van der Waals surface area contributed by atoms with Crippen LogP contribution in [0.15, 0.2) is 46.9 Å². The quantitative estimate of drug-likeness (QED) is 0.699. The monoisotopic (exact) mass is 462 g/mol. The van der Waals surface area contributed by atoms with Gasteiger partial charge in [-0.05, 0) is 49.2 Å². The third kappa shape index (κ3) is 5.00. The Hall–Kier alpha value is -2.74. The van der Waals surface area contributed by atoms with E-state index in [1.165, 1.54) is 19.2 Å². The van der Waals surface area contributed by atoms with E-state index in [4.69, 9.17) is 4.74 Å². The third-order valence-electron chi connectivity index (χ3n) is 4.86. The minimum Gasteiger partial charge on any atom is -0.469 e. The van der Waals surface area contributed by atoms with Gasteiger partial charge in [0.15, 0.2) is 0 Å². The highest BCUT2D eigenvalue weighted by Gasteiger charge is 2.29. The largest absolute Gasteiger partial charge is 0.469 e. The van der Waals surface area contributed by atoms with Gasteiger partial charge in [-0.1, -0.05) is 22.0 Å². The van der Waals surface area contributed by atoms with Gasteiger partial charge in [0, 0.05) is 23.1 Å². The molecule has 0 atom stereocenters.